The Morgan fingerprint density at radius 2 is 2.25 bits per heavy atom. The van der Waals surface area contributed by atoms with Gasteiger partial charge in [-0.25, -0.2) is 8.42 Å². The Morgan fingerprint density at radius 1 is 1.40 bits per heavy atom. The molecular weight excluding hydrogens is 292 g/mol. The van der Waals surface area contributed by atoms with E-state index in [0.717, 1.165) is 17.9 Å². The summed E-state index contributed by atoms with van der Waals surface area (Å²) in [6.07, 6.45) is 6.13. The normalized spacial score (nSPS) is 19.8. The van der Waals surface area contributed by atoms with Gasteiger partial charge in [-0.3, -0.25) is 4.72 Å². The molecule has 2 rings (SSSR count). The number of anilines is 1. The summed E-state index contributed by atoms with van der Waals surface area (Å²) in [6, 6.07) is 7.83. The van der Waals surface area contributed by atoms with Crippen LogP contribution in [0, 0.1) is 0 Å². The van der Waals surface area contributed by atoms with Gasteiger partial charge in [-0.05, 0) is 50.3 Å². The fourth-order valence-corrected chi connectivity index (χ4v) is 4.03. The molecule has 1 aliphatic heterocycles. The number of thioether (sulfide) groups is 1. The van der Waals surface area contributed by atoms with Crippen LogP contribution in [0.15, 0.2) is 29.2 Å². The zero-order valence-corrected chi connectivity index (χ0v) is 13.4. The summed E-state index contributed by atoms with van der Waals surface area (Å²) in [5.74, 6) is 0.175. The van der Waals surface area contributed by atoms with Gasteiger partial charge in [0.2, 0.25) is 10.0 Å². The van der Waals surface area contributed by atoms with Crippen LogP contribution in [0.25, 0.3) is 0 Å². The molecule has 6 heteroatoms. The van der Waals surface area contributed by atoms with Crippen LogP contribution in [0.5, 0.6) is 0 Å². The van der Waals surface area contributed by atoms with Crippen LogP contribution in [0.4, 0.5) is 5.69 Å². The van der Waals surface area contributed by atoms with Crippen molar-refractivity contribution >= 4 is 27.5 Å². The van der Waals surface area contributed by atoms with Crippen LogP contribution in [-0.4, -0.2) is 33.0 Å². The third-order valence-corrected chi connectivity index (χ3v) is 5.54. The highest BCUT2D eigenvalue weighted by Crippen LogP contribution is 2.20. The summed E-state index contributed by atoms with van der Waals surface area (Å²) >= 11 is 1.60. The number of rotatable bonds is 6. The Hall–Kier alpha value is -0.720. The predicted molar refractivity (Wildman–Crippen MR) is 85.9 cm³/mol. The van der Waals surface area contributed by atoms with Gasteiger partial charge in [0.1, 0.15) is 0 Å². The minimum Gasteiger partial charge on any atom is -0.314 e. The summed E-state index contributed by atoms with van der Waals surface area (Å²) in [5.41, 5.74) is 0.647. The van der Waals surface area contributed by atoms with E-state index in [9.17, 15) is 8.42 Å². The molecule has 1 aromatic rings. The first-order valence-corrected chi connectivity index (χ1v) is 9.85. The Balaban J connectivity index is 1.89. The Kier molecular flexibility index (Phi) is 5.74. The van der Waals surface area contributed by atoms with Crippen molar-refractivity contribution in [1.29, 1.82) is 0 Å². The van der Waals surface area contributed by atoms with Gasteiger partial charge in [0.15, 0.2) is 0 Å². The highest BCUT2D eigenvalue weighted by Gasteiger charge is 2.17. The number of hydrogen-bond acceptors (Lipinski definition) is 4. The molecule has 20 heavy (non-hydrogen) atoms. The van der Waals surface area contributed by atoms with Crippen molar-refractivity contribution in [3.63, 3.8) is 0 Å². The molecule has 0 saturated carbocycles. The SMILES string of the molecule is CSc1cccc(NS(=O)(=O)CCC2CCCCN2)c1. The van der Waals surface area contributed by atoms with E-state index >= 15 is 0 Å². The molecule has 1 fully saturated rings. The van der Waals surface area contributed by atoms with Gasteiger partial charge in [-0.2, -0.15) is 0 Å². The van der Waals surface area contributed by atoms with Crippen molar-refractivity contribution in [3.8, 4) is 0 Å². The average molecular weight is 314 g/mol. The third kappa shape index (κ3) is 5.00. The second-order valence-electron chi connectivity index (χ2n) is 5.09. The van der Waals surface area contributed by atoms with Gasteiger partial charge in [0, 0.05) is 16.6 Å². The maximum Gasteiger partial charge on any atom is 0.232 e. The van der Waals surface area contributed by atoms with Crippen LogP contribution in [0.3, 0.4) is 0 Å². The summed E-state index contributed by atoms with van der Waals surface area (Å²) in [6.45, 7) is 1.01. The number of hydrogen-bond donors (Lipinski definition) is 2. The highest BCUT2D eigenvalue weighted by molar-refractivity contribution is 7.98. The Morgan fingerprint density at radius 3 is 2.95 bits per heavy atom. The van der Waals surface area contributed by atoms with Gasteiger partial charge >= 0.3 is 0 Å². The van der Waals surface area contributed by atoms with Crippen molar-refractivity contribution < 1.29 is 8.42 Å². The molecule has 1 saturated heterocycles. The lowest BCUT2D eigenvalue weighted by Gasteiger charge is -2.23. The van der Waals surface area contributed by atoms with Crippen LogP contribution < -0.4 is 10.0 Å². The van der Waals surface area contributed by atoms with Crippen molar-refractivity contribution in [1.82, 2.24) is 5.32 Å². The maximum atomic E-state index is 12.1. The van der Waals surface area contributed by atoms with Gasteiger partial charge < -0.3 is 5.32 Å². The standard InChI is InChI=1S/C14H22N2O2S2/c1-19-14-7-4-6-13(11-14)16-20(17,18)10-8-12-5-2-3-9-15-12/h4,6-7,11-12,15-16H,2-3,5,8-10H2,1H3. The van der Waals surface area contributed by atoms with Crippen molar-refractivity contribution in [2.75, 3.05) is 23.3 Å². The molecule has 2 N–H and O–H groups in total. The zero-order valence-electron chi connectivity index (χ0n) is 11.8. The summed E-state index contributed by atoms with van der Waals surface area (Å²) in [7, 11) is -3.26. The number of sulfonamides is 1. The molecule has 4 nitrogen and oxygen atoms in total. The van der Waals surface area contributed by atoms with Crippen molar-refractivity contribution in [2.24, 2.45) is 0 Å². The van der Waals surface area contributed by atoms with Crippen molar-refractivity contribution in [2.45, 2.75) is 36.6 Å². The predicted octanol–water partition coefficient (Wildman–Crippen LogP) is 2.68. The van der Waals surface area contributed by atoms with E-state index in [4.69, 9.17) is 0 Å². The fourth-order valence-electron chi connectivity index (χ4n) is 2.38. The molecule has 0 radical (unpaired) electrons. The highest BCUT2D eigenvalue weighted by atomic mass is 32.2. The van der Waals surface area contributed by atoms with E-state index < -0.39 is 10.0 Å². The molecule has 0 bridgehead atoms. The second-order valence-corrected chi connectivity index (χ2v) is 7.81. The van der Waals surface area contributed by atoms with Gasteiger partial charge in [0.05, 0.1) is 5.75 Å². The Bertz CT molecular complexity index is 526. The lowest BCUT2D eigenvalue weighted by atomic mass is 10.0. The molecule has 0 aliphatic carbocycles. The number of piperidine rings is 1. The first kappa shape index (κ1) is 15.7. The van der Waals surface area contributed by atoms with Gasteiger partial charge in [0.25, 0.3) is 0 Å². The quantitative estimate of drug-likeness (QED) is 0.793. The number of benzene rings is 1. The molecule has 1 heterocycles. The largest absolute Gasteiger partial charge is 0.314 e. The van der Waals surface area contributed by atoms with Crippen molar-refractivity contribution in [3.05, 3.63) is 24.3 Å². The lowest BCUT2D eigenvalue weighted by Crippen LogP contribution is -2.36. The lowest BCUT2D eigenvalue weighted by molar-refractivity contribution is 0.393. The zero-order chi connectivity index (χ0) is 14.4. The van der Waals surface area contributed by atoms with E-state index in [-0.39, 0.29) is 5.75 Å². The van der Waals surface area contributed by atoms with Crippen LogP contribution in [0.1, 0.15) is 25.7 Å². The summed E-state index contributed by atoms with van der Waals surface area (Å²) in [5, 5.41) is 3.38. The average Bonchev–Trinajstić information content (AvgIpc) is 2.46. The Labute approximate surface area is 125 Å². The smallest absolute Gasteiger partial charge is 0.232 e. The molecule has 1 aliphatic rings. The summed E-state index contributed by atoms with van der Waals surface area (Å²) < 4.78 is 26.9. The second kappa shape index (κ2) is 7.33. The van der Waals surface area contributed by atoms with E-state index in [1.807, 2.05) is 24.5 Å². The third-order valence-electron chi connectivity index (χ3n) is 3.49. The monoisotopic (exact) mass is 314 g/mol. The first-order valence-electron chi connectivity index (χ1n) is 6.97. The molecule has 0 amide bonds. The van der Waals surface area contributed by atoms with Gasteiger partial charge in [-0.15, -0.1) is 11.8 Å². The molecule has 1 aromatic carbocycles. The number of nitrogens with one attached hydrogen (secondary N) is 2. The molecule has 0 spiro atoms. The van der Waals surface area contributed by atoms with Gasteiger partial charge in [-0.1, -0.05) is 12.5 Å². The van der Waals surface area contributed by atoms with E-state index in [2.05, 4.69) is 10.0 Å². The molecular formula is C14H22N2O2S2. The molecule has 1 unspecified atom stereocenters. The molecule has 0 aromatic heterocycles. The summed E-state index contributed by atoms with van der Waals surface area (Å²) in [4.78, 5) is 1.05. The van der Waals surface area contributed by atoms with E-state index in [1.165, 1.54) is 12.8 Å². The first-order chi connectivity index (χ1) is 9.59. The topological polar surface area (TPSA) is 58.2 Å². The molecule has 112 valence electrons. The maximum absolute atomic E-state index is 12.1. The van der Waals surface area contributed by atoms with E-state index in [1.54, 1.807) is 17.8 Å². The van der Waals surface area contributed by atoms with Crippen LogP contribution >= 0.6 is 11.8 Å². The minimum atomic E-state index is -3.26. The van der Waals surface area contributed by atoms with E-state index in [0.29, 0.717) is 18.2 Å². The van der Waals surface area contributed by atoms with Crippen LogP contribution in [0.2, 0.25) is 0 Å². The minimum absolute atomic E-state index is 0.175. The molecule has 1 atom stereocenters. The van der Waals surface area contributed by atoms with Crippen LogP contribution in [-0.2, 0) is 10.0 Å². The fraction of sp³-hybridized carbons (Fsp3) is 0.571.